The minimum atomic E-state index is -0.548. The predicted octanol–water partition coefficient (Wildman–Crippen LogP) is 5.53. The molecule has 0 fully saturated rings. The highest BCUT2D eigenvalue weighted by atomic mass is 19.1. The van der Waals surface area contributed by atoms with Crippen LogP contribution in [-0.2, 0) is 4.74 Å². The monoisotopic (exact) mass is 447 g/mol. The minimum absolute atomic E-state index is 0.0533. The van der Waals surface area contributed by atoms with Crippen LogP contribution in [-0.4, -0.2) is 28.2 Å². The van der Waals surface area contributed by atoms with Crippen LogP contribution in [0.15, 0.2) is 54.7 Å². The van der Waals surface area contributed by atoms with Gasteiger partial charge in [0.2, 0.25) is 5.95 Å². The summed E-state index contributed by atoms with van der Waals surface area (Å²) in [6.45, 7) is 7.87. The number of hydrogen-bond acceptors (Lipinski definition) is 6. The van der Waals surface area contributed by atoms with E-state index in [2.05, 4.69) is 26.7 Å². The summed E-state index contributed by atoms with van der Waals surface area (Å²) in [5.41, 5.74) is 2.51. The Morgan fingerprint density at radius 1 is 1.21 bits per heavy atom. The van der Waals surface area contributed by atoms with E-state index in [1.165, 1.54) is 18.3 Å². The molecule has 3 rings (SSSR count). The van der Waals surface area contributed by atoms with E-state index in [9.17, 15) is 14.4 Å². The molecule has 0 aliphatic heterocycles. The molecule has 1 aromatic heterocycles. The van der Waals surface area contributed by atoms with Gasteiger partial charge >= 0.3 is 6.09 Å². The Balaban J connectivity index is 1.74. The number of ether oxygens (including phenoxy) is 1. The van der Waals surface area contributed by atoms with E-state index in [0.717, 1.165) is 11.1 Å². The van der Waals surface area contributed by atoms with Crippen molar-refractivity contribution in [2.75, 3.05) is 11.9 Å². The number of alkyl carbamates (subject to hydrolysis) is 1. The van der Waals surface area contributed by atoms with Crippen molar-refractivity contribution in [1.29, 1.82) is 5.26 Å². The molecule has 2 N–H and O–H groups in total. The summed E-state index contributed by atoms with van der Waals surface area (Å²) in [6, 6.07) is 15.7. The average molecular weight is 448 g/mol. The third-order valence-corrected chi connectivity index (χ3v) is 4.69. The number of hydrogen-bond donors (Lipinski definition) is 2. The van der Waals surface area contributed by atoms with Gasteiger partial charge in [0.1, 0.15) is 17.5 Å². The molecule has 0 aliphatic rings. The molecule has 1 atom stereocenters. The van der Waals surface area contributed by atoms with E-state index < -0.39 is 11.7 Å². The van der Waals surface area contributed by atoms with Gasteiger partial charge in [0.25, 0.3) is 0 Å². The van der Waals surface area contributed by atoms with Gasteiger partial charge in [-0.1, -0.05) is 37.3 Å². The number of nitrogens with one attached hydrogen (secondary N) is 2. The molecule has 3 aromatic rings. The highest BCUT2D eigenvalue weighted by molar-refractivity contribution is 5.69. The predicted molar refractivity (Wildman–Crippen MR) is 125 cm³/mol. The molecular weight excluding hydrogens is 421 g/mol. The standard InChI is InChI=1S/C25H26FN5O2/c1-16(14-29-24(32)33-25(2,3)4)17-8-10-18(11-9-17)22-19(13-27)15-28-23(31-22)30-21-7-5-6-20(26)12-21/h5-12,15-16H,14H2,1-4H3,(H,29,32)(H,28,30,31). The quantitative estimate of drug-likeness (QED) is 0.516. The number of aromatic nitrogens is 2. The summed E-state index contributed by atoms with van der Waals surface area (Å²) in [5, 5.41) is 15.2. The number of amides is 1. The first-order valence-electron chi connectivity index (χ1n) is 10.5. The van der Waals surface area contributed by atoms with E-state index in [4.69, 9.17) is 4.74 Å². The van der Waals surface area contributed by atoms with Crippen LogP contribution in [0.4, 0.5) is 20.8 Å². The summed E-state index contributed by atoms with van der Waals surface area (Å²) in [5.74, 6) is -0.0639. The number of rotatable bonds is 6. The van der Waals surface area contributed by atoms with Gasteiger partial charge in [-0.15, -0.1) is 0 Å². The maximum Gasteiger partial charge on any atom is 0.407 e. The Labute approximate surface area is 192 Å². The molecule has 33 heavy (non-hydrogen) atoms. The number of benzene rings is 2. The summed E-state index contributed by atoms with van der Waals surface area (Å²) >= 11 is 0. The van der Waals surface area contributed by atoms with Crippen LogP contribution in [0.3, 0.4) is 0 Å². The van der Waals surface area contributed by atoms with Crippen LogP contribution >= 0.6 is 0 Å². The fraction of sp³-hybridized carbons (Fsp3) is 0.280. The zero-order valence-electron chi connectivity index (χ0n) is 19.0. The molecule has 0 spiro atoms. The molecule has 0 radical (unpaired) electrons. The third-order valence-electron chi connectivity index (χ3n) is 4.69. The largest absolute Gasteiger partial charge is 0.444 e. The fourth-order valence-electron chi connectivity index (χ4n) is 3.08. The van der Waals surface area contributed by atoms with Gasteiger partial charge < -0.3 is 15.4 Å². The Morgan fingerprint density at radius 3 is 2.58 bits per heavy atom. The number of carbonyl (C=O) groups excluding carboxylic acids is 1. The van der Waals surface area contributed by atoms with Gasteiger partial charge in [0, 0.05) is 17.8 Å². The van der Waals surface area contributed by atoms with E-state index in [-0.39, 0.29) is 17.7 Å². The highest BCUT2D eigenvalue weighted by Crippen LogP contribution is 2.25. The van der Waals surface area contributed by atoms with E-state index in [1.807, 2.05) is 52.0 Å². The van der Waals surface area contributed by atoms with Crippen molar-refractivity contribution in [1.82, 2.24) is 15.3 Å². The smallest absolute Gasteiger partial charge is 0.407 e. The Bertz CT molecular complexity index is 1170. The summed E-state index contributed by atoms with van der Waals surface area (Å²) in [7, 11) is 0. The first-order chi connectivity index (χ1) is 15.6. The summed E-state index contributed by atoms with van der Waals surface area (Å²) < 4.78 is 18.7. The van der Waals surface area contributed by atoms with Crippen molar-refractivity contribution < 1.29 is 13.9 Å². The second-order valence-corrected chi connectivity index (χ2v) is 8.61. The number of nitriles is 1. The molecule has 0 aliphatic carbocycles. The number of anilines is 2. The minimum Gasteiger partial charge on any atom is -0.444 e. The lowest BCUT2D eigenvalue weighted by Gasteiger charge is -2.21. The van der Waals surface area contributed by atoms with Gasteiger partial charge in [-0.2, -0.15) is 5.26 Å². The lowest BCUT2D eigenvalue weighted by atomic mass is 9.98. The lowest BCUT2D eigenvalue weighted by molar-refractivity contribution is 0.0525. The van der Waals surface area contributed by atoms with Crippen molar-refractivity contribution in [3.63, 3.8) is 0 Å². The Kier molecular flexibility index (Phi) is 7.23. The number of nitrogens with zero attached hydrogens (tertiary/aromatic N) is 3. The maximum absolute atomic E-state index is 13.5. The van der Waals surface area contributed by atoms with E-state index in [0.29, 0.717) is 23.5 Å². The van der Waals surface area contributed by atoms with Crippen molar-refractivity contribution in [3.8, 4) is 17.3 Å². The molecule has 7 nitrogen and oxygen atoms in total. The van der Waals surface area contributed by atoms with Crippen LogP contribution < -0.4 is 10.6 Å². The third kappa shape index (κ3) is 6.74. The molecule has 170 valence electrons. The maximum atomic E-state index is 13.5. The Morgan fingerprint density at radius 2 is 1.94 bits per heavy atom. The van der Waals surface area contributed by atoms with Gasteiger partial charge in [-0.25, -0.2) is 19.2 Å². The molecule has 1 heterocycles. The van der Waals surface area contributed by atoms with Crippen LogP contribution in [0.25, 0.3) is 11.3 Å². The molecule has 0 saturated heterocycles. The first kappa shape index (κ1) is 23.7. The average Bonchev–Trinajstić information content (AvgIpc) is 2.76. The van der Waals surface area contributed by atoms with Crippen LogP contribution in [0.2, 0.25) is 0 Å². The molecule has 1 unspecified atom stereocenters. The number of halogens is 1. The second-order valence-electron chi connectivity index (χ2n) is 8.61. The normalized spacial score (nSPS) is 11.9. The fourth-order valence-corrected chi connectivity index (χ4v) is 3.08. The molecule has 2 aromatic carbocycles. The first-order valence-corrected chi connectivity index (χ1v) is 10.5. The van der Waals surface area contributed by atoms with E-state index >= 15 is 0 Å². The zero-order chi connectivity index (χ0) is 24.0. The molecule has 8 heteroatoms. The van der Waals surface area contributed by atoms with Gasteiger partial charge in [-0.05, 0) is 50.5 Å². The molecule has 1 amide bonds. The van der Waals surface area contributed by atoms with Gasteiger partial charge in [0.15, 0.2) is 0 Å². The van der Waals surface area contributed by atoms with Crippen LogP contribution in [0, 0.1) is 17.1 Å². The summed E-state index contributed by atoms with van der Waals surface area (Å²) in [6.07, 6.45) is 0.981. The topological polar surface area (TPSA) is 99.9 Å². The van der Waals surface area contributed by atoms with Gasteiger partial charge in [0.05, 0.1) is 17.5 Å². The van der Waals surface area contributed by atoms with Crippen LogP contribution in [0.5, 0.6) is 0 Å². The highest BCUT2D eigenvalue weighted by Gasteiger charge is 2.17. The number of carbonyl (C=O) groups is 1. The van der Waals surface area contributed by atoms with Gasteiger partial charge in [-0.3, -0.25) is 0 Å². The van der Waals surface area contributed by atoms with E-state index in [1.54, 1.807) is 12.1 Å². The lowest BCUT2D eigenvalue weighted by Crippen LogP contribution is -2.34. The molecule has 0 saturated carbocycles. The zero-order valence-corrected chi connectivity index (χ0v) is 19.0. The SMILES string of the molecule is CC(CNC(=O)OC(C)(C)C)c1ccc(-c2nc(Nc3cccc(F)c3)ncc2C#N)cc1. The molecular formula is C25H26FN5O2. The second kappa shape index (κ2) is 10.1. The van der Waals surface area contributed by atoms with Crippen molar-refractivity contribution >= 4 is 17.7 Å². The Hall–Kier alpha value is -3.99. The summed E-state index contributed by atoms with van der Waals surface area (Å²) in [4.78, 5) is 20.5. The van der Waals surface area contributed by atoms with Crippen LogP contribution in [0.1, 0.15) is 44.7 Å². The molecule has 0 bridgehead atoms. The van der Waals surface area contributed by atoms with Crippen molar-refractivity contribution in [2.45, 2.75) is 39.2 Å². The van der Waals surface area contributed by atoms with Crippen molar-refractivity contribution in [3.05, 3.63) is 71.7 Å². The van der Waals surface area contributed by atoms with Crippen molar-refractivity contribution in [2.24, 2.45) is 0 Å².